The van der Waals surface area contributed by atoms with Crippen LogP contribution in [0.3, 0.4) is 0 Å². The van der Waals surface area contributed by atoms with Crippen molar-refractivity contribution >= 4 is 50.6 Å². The van der Waals surface area contributed by atoms with E-state index in [2.05, 4.69) is 258 Å². The minimum Gasteiger partial charge on any atom is -0.334 e. The highest BCUT2D eigenvalue weighted by atomic mass is 15.3. The van der Waals surface area contributed by atoms with Gasteiger partial charge < -0.3 is 14.7 Å². The number of rotatable bonds is 3. The Morgan fingerprint density at radius 2 is 1.10 bits per heavy atom. The number of nitrogens with zero attached hydrogens (tertiary/aromatic N) is 3. The second-order valence-corrected chi connectivity index (χ2v) is 28.9. The second-order valence-electron chi connectivity index (χ2n) is 28.9. The summed E-state index contributed by atoms with van der Waals surface area (Å²) in [6.07, 6.45) is 6.99. The molecule has 8 aromatic carbocycles. The van der Waals surface area contributed by atoms with Crippen LogP contribution in [0.1, 0.15) is 195 Å². The fourth-order valence-electron chi connectivity index (χ4n) is 16.8. The van der Waals surface area contributed by atoms with Crippen molar-refractivity contribution in [2.45, 2.75) is 186 Å². The van der Waals surface area contributed by atoms with Crippen LogP contribution in [0, 0.1) is 13.8 Å². The van der Waals surface area contributed by atoms with Gasteiger partial charge in [-0.05, 0) is 190 Å². The molecule has 0 aromatic heterocycles. The highest BCUT2D eigenvalue weighted by Gasteiger charge is 2.64. The summed E-state index contributed by atoms with van der Waals surface area (Å²) in [4.78, 5) is 8.59. The van der Waals surface area contributed by atoms with Gasteiger partial charge in [-0.25, -0.2) is 0 Å². The Bertz CT molecular complexity index is 3890. The van der Waals surface area contributed by atoms with Crippen molar-refractivity contribution in [3.63, 3.8) is 0 Å². The van der Waals surface area contributed by atoms with Crippen LogP contribution in [0.5, 0.6) is 0 Å². The average Bonchev–Trinajstić information content (AvgIpc) is 2.15. The van der Waals surface area contributed by atoms with Crippen LogP contribution in [0.2, 0.25) is 0 Å². The lowest BCUT2D eigenvalue weighted by Crippen LogP contribution is -2.55. The molecule has 8 aromatic rings. The molecule has 78 heavy (non-hydrogen) atoms. The minimum absolute atomic E-state index is 0.0119. The molecule has 1 fully saturated rings. The van der Waals surface area contributed by atoms with Crippen LogP contribution in [0.25, 0.3) is 21.9 Å². The van der Waals surface area contributed by atoms with Crippen molar-refractivity contribution in [2.75, 3.05) is 14.7 Å². The van der Waals surface area contributed by atoms with Crippen molar-refractivity contribution in [1.29, 1.82) is 0 Å². The lowest BCUT2D eigenvalue weighted by atomic mass is 9.59. The number of anilines is 7. The summed E-state index contributed by atoms with van der Waals surface area (Å²) in [6, 6.07) is 56.1. The fourth-order valence-corrected chi connectivity index (χ4v) is 16.8. The molecule has 1 saturated carbocycles. The highest BCUT2D eigenvalue weighted by molar-refractivity contribution is 6.02. The Morgan fingerprint density at radius 3 is 1.83 bits per heavy atom. The number of aryl methyl sites for hydroxylation is 3. The van der Waals surface area contributed by atoms with Crippen molar-refractivity contribution in [2.24, 2.45) is 0 Å². The molecule has 3 nitrogen and oxygen atoms in total. The zero-order valence-corrected chi connectivity index (χ0v) is 49.4. The van der Waals surface area contributed by atoms with Crippen molar-refractivity contribution in [3.8, 4) is 11.1 Å². The van der Waals surface area contributed by atoms with Crippen LogP contribution in [-0.4, -0.2) is 5.54 Å². The van der Waals surface area contributed by atoms with Gasteiger partial charge in [0.2, 0.25) is 0 Å². The summed E-state index contributed by atoms with van der Waals surface area (Å²) in [5, 5.41) is 2.53. The van der Waals surface area contributed by atoms with E-state index in [-0.39, 0.29) is 44.1 Å². The molecule has 0 amide bonds. The maximum absolute atomic E-state index is 2.98. The third-order valence-corrected chi connectivity index (χ3v) is 21.5. The number of hydrogen-bond donors (Lipinski definition) is 0. The van der Waals surface area contributed by atoms with Gasteiger partial charge in [0, 0.05) is 39.2 Å². The molecule has 396 valence electrons. The topological polar surface area (TPSA) is 9.72 Å². The smallest absolute Gasteiger partial charge is 0.0771 e. The predicted molar refractivity (Wildman–Crippen MR) is 331 cm³/mol. The van der Waals surface area contributed by atoms with Gasteiger partial charge in [0.15, 0.2) is 0 Å². The number of fused-ring (bicyclic) bond motifs is 13. The molecule has 0 N–H and O–H groups in total. The Morgan fingerprint density at radius 1 is 0.474 bits per heavy atom. The van der Waals surface area contributed by atoms with Crippen molar-refractivity contribution < 1.29 is 0 Å². The molecule has 4 heterocycles. The summed E-state index contributed by atoms with van der Waals surface area (Å²) in [7, 11) is 0. The molecule has 0 saturated heterocycles. The highest BCUT2D eigenvalue weighted by Crippen LogP contribution is 2.72. The van der Waals surface area contributed by atoms with Gasteiger partial charge in [-0.3, -0.25) is 0 Å². The molecule has 6 aliphatic rings. The molecule has 0 bridgehead atoms. The fraction of sp³-hybridized carbons (Fsp3) is 0.387. The van der Waals surface area contributed by atoms with Crippen LogP contribution in [0.15, 0.2) is 140 Å². The van der Waals surface area contributed by atoms with Crippen molar-refractivity contribution in [3.05, 3.63) is 206 Å². The summed E-state index contributed by atoms with van der Waals surface area (Å²) < 4.78 is 0. The van der Waals surface area contributed by atoms with E-state index in [0.717, 1.165) is 19.3 Å². The molecule has 5 unspecified atom stereocenters. The van der Waals surface area contributed by atoms with Crippen LogP contribution in [0.4, 0.5) is 39.8 Å². The van der Waals surface area contributed by atoms with E-state index in [0.29, 0.717) is 0 Å². The first-order valence-corrected chi connectivity index (χ1v) is 29.6. The Labute approximate surface area is 466 Å². The van der Waals surface area contributed by atoms with E-state index in [9.17, 15) is 0 Å². The molecular weight excluding hydrogens is 943 g/mol. The maximum Gasteiger partial charge on any atom is 0.0771 e. The van der Waals surface area contributed by atoms with E-state index in [1.54, 1.807) is 5.56 Å². The van der Waals surface area contributed by atoms with Gasteiger partial charge in [0.25, 0.3) is 0 Å². The van der Waals surface area contributed by atoms with Crippen LogP contribution < -0.4 is 14.7 Å². The standard InChI is InChI=1S/C75H81N3/c1-45-38-46(2)67-68-64(45)65-56-41-52(70(6,7)8)29-32-60(56)76(59-31-28-51(69(3,4)5)40-55(59)50-27-26-47-22-16-17-24-49(47)39-50)62-43-54(44-63(66(62)65)78(68)74(14)36-21-20-35-73(67,74)13)77-61-33-30-53(71(9,10)11)42-58(61)72(12)37-34-48-23-18-19-25-57(48)75(72,77)15/h16-19,22-33,38-44,65H,20-21,34-37H2,1-15H3. The van der Waals surface area contributed by atoms with E-state index >= 15 is 0 Å². The molecule has 3 heteroatoms. The van der Waals surface area contributed by atoms with Gasteiger partial charge in [0.1, 0.15) is 0 Å². The second kappa shape index (κ2) is 16.0. The monoisotopic (exact) mass is 1020 g/mol. The molecular formula is C75H81N3. The lowest BCUT2D eigenvalue weighted by Gasteiger charge is -2.54. The average molecular weight is 1020 g/mol. The van der Waals surface area contributed by atoms with Gasteiger partial charge in [-0.15, -0.1) is 0 Å². The van der Waals surface area contributed by atoms with Gasteiger partial charge in [-0.1, -0.05) is 186 Å². The molecule has 2 aliphatic carbocycles. The Hall–Kier alpha value is -6.58. The Balaban J connectivity index is 1.15. The zero-order chi connectivity index (χ0) is 54.6. The molecule has 5 atom stereocenters. The summed E-state index contributed by atoms with van der Waals surface area (Å²) in [6.45, 7) is 36.8. The van der Waals surface area contributed by atoms with E-state index in [1.165, 1.54) is 142 Å². The predicted octanol–water partition coefficient (Wildman–Crippen LogP) is 20.3. The Kier molecular flexibility index (Phi) is 10.2. The lowest BCUT2D eigenvalue weighted by molar-refractivity contribution is 0.194. The molecule has 14 rings (SSSR count). The third kappa shape index (κ3) is 6.45. The first kappa shape index (κ1) is 49.7. The summed E-state index contributed by atoms with van der Waals surface area (Å²) in [5.41, 5.74) is 28.4. The van der Waals surface area contributed by atoms with E-state index in [4.69, 9.17) is 0 Å². The van der Waals surface area contributed by atoms with Crippen molar-refractivity contribution in [1.82, 2.24) is 0 Å². The summed E-state index contributed by atoms with van der Waals surface area (Å²) in [5.74, 6) is 0.0324. The molecule has 4 aliphatic heterocycles. The van der Waals surface area contributed by atoms with E-state index in [1.807, 2.05) is 0 Å². The number of hydrogen-bond acceptors (Lipinski definition) is 3. The molecule has 0 radical (unpaired) electrons. The number of benzene rings is 8. The van der Waals surface area contributed by atoms with Gasteiger partial charge in [0.05, 0.1) is 39.5 Å². The SMILES string of the molecule is Cc1cc(C)c2c3c1C1c4cc(C(C)(C)C)ccc4N(c4ccc(C(C)(C)C)cc4-c4ccc5ccccc5c4)c4cc(N5c6ccc(C(C)(C)C)cc6C6(C)CCc7ccccc7C56C)cc(c41)N3C1(C)CCCCC21C. The first-order chi connectivity index (χ1) is 36.9. The first-order valence-electron chi connectivity index (χ1n) is 29.6. The largest absolute Gasteiger partial charge is 0.334 e. The van der Waals surface area contributed by atoms with Crippen LogP contribution in [-0.2, 0) is 39.0 Å². The summed E-state index contributed by atoms with van der Waals surface area (Å²) >= 11 is 0. The zero-order valence-electron chi connectivity index (χ0n) is 49.4. The van der Waals surface area contributed by atoms with Crippen LogP contribution >= 0.6 is 0 Å². The van der Waals surface area contributed by atoms with Gasteiger partial charge >= 0.3 is 0 Å². The maximum atomic E-state index is 2.98. The quantitative estimate of drug-likeness (QED) is 0.175. The van der Waals surface area contributed by atoms with E-state index < -0.39 is 0 Å². The third-order valence-electron chi connectivity index (χ3n) is 21.5. The minimum atomic E-state index is -0.385. The van der Waals surface area contributed by atoms with Gasteiger partial charge in [-0.2, -0.15) is 0 Å². The normalized spacial score (nSPS) is 24.6. The molecule has 0 spiro atoms.